The van der Waals surface area contributed by atoms with E-state index >= 15 is 0 Å². The Morgan fingerprint density at radius 1 is 1.50 bits per heavy atom. The van der Waals surface area contributed by atoms with E-state index in [0.29, 0.717) is 6.61 Å². The lowest BCUT2D eigenvalue weighted by atomic mass is 9.97. The summed E-state index contributed by atoms with van der Waals surface area (Å²) in [6.45, 7) is 7.67. The summed E-state index contributed by atoms with van der Waals surface area (Å²) in [5.74, 6) is -0.194. The Bertz CT molecular complexity index is 170. The molecule has 3 nitrogen and oxygen atoms in total. The minimum absolute atomic E-state index is 0.0581. The van der Waals surface area contributed by atoms with Crippen molar-refractivity contribution in [3.63, 3.8) is 0 Å². The van der Waals surface area contributed by atoms with E-state index < -0.39 is 5.60 Å². The number of ether oxygens (including phenoxy) is 1. The van der Waals surface area contributed by atoms with Crippen molar-refractivity contribution in [2.75, 3.05) is 6.61 Å². The summed E-state index contributed by atoms with van der Waals surface area (Å²) in [6.07, 6.45) is 2.35. The van der Waals surface area contributed by atoms with Crippen LogP contribution in [0, 0.1) is 5.92 Å². The molecular weight excluding hydrogens is 180 g/mol. The fraction of sp³-hybridized carbons (Fsp3) is 0.909. The van der Waals surface area contributed by atoms with Crippen LogP contribution in [0.25, 0.3) is 0 Å². The number of aliphatic hydroxyl groups is 1. The molecule has 0 rings (SSSR count). The molecule has 0 fully saturated rings. The van der Waals surface area contributed by atoms with Crippen molar-refractivity contribution in [1.29, 1.82) is 0 Å². The van der Waals surface area contributed by atoms with Crippen LogP contribution in [0.3, 0.4) is 0 Å². The normalized spacial score (nSPS) is 13.8. The van der Waals surface area contributed by atoms with Crippen LogP contribution < -0.4 is 0 Å². The molecule has 1 atom stereocenters. The van der Waals surface area contributed by atoms with Gasteiger partial charge in [-0.2, -0.15) is 0 Å². The standard InChI is InChI=1S/C11H22O3/c1-5-14-10(12)9(2)7-6-8-11(3,4)13/h9,13H,5-8H2,1-4H3. The molecule has 0 aliphatic rings. The van der Waals surface area contributed by atoms with Crippen molar-refractivity contribution in [3.8, 4) is 0 Å². The van der Waals surface area contributed by atoms with Gasteiger partial charge in [0.1, 0.15) is 0 Å². The molecule has 0 saturated heterocycles. The highest BCUT2D eigenvalue weighted by molar-refractivity contribution is 5.71. The highest BCUT2D eigenvalue weighted by atomic mass is 16.5. The van der Waals surface area contributed by atoms with Crippen LogP contribution in [0.4, 0.5) is 0 Å². The Kier molecular flexibility index (Phi) is 5.77. The maximum atomic E-state index is 11.2. The lowest BCUT2D eigenvalue weighted by molar-refractivity contribution is -0.147. The van der Waals surface area contributed by atoms with E-state index in [1.54, 1.807) is 20.8 Å². The summed E-state index contributed by atoms with van der Waals surface area (Å²) in [7, 11) is 0. The molecule has 0 radical (unpaired) electrons. The van der Waals surface area contributed by atoms with Gasteiger partial charge in [-0.05, 0) is 40.0 Å². The molecule has 0 aromatic heterocycles. The van der Waals surface area contributed by atoms with Gasteiger partial charge >= 0.3 is 5.97 Å². The van der Waals surface area contributed by atoms with E-state index in [0.717, 1.165) is 19.3 Å². The average molecular weight is 202 g/mol. The molecule has 0 aliphatic heterocycles. The van der Waals surface area contributed by atoms with Crippen molar-refractivity contribution in [2.45, 2.75) is 52.6 Å². The van der Waals surface area contributed by atoms with Gasteiger partial charge in [0.15, 0.2) is 0 Å². The lowest BCUT2D eigenvalue weighted by Crippen LogP contribution is -2.20. The molecule has 0 aromatic rings. The zero-order valence-corrected chi connectivity index (χ0v) is 9.67. The smallest absolute Gasteiger partial charge is 0.308 e. The van der Waals surface area contributed by atoms with Crippen LogP contribution in [-0.2, 0) is 9.53 Å². The predicted octanol–water partition coefficient (Wildman–Crippen LogP) is 2.13. The van der Waals surface area contributed by atoms with Crippen molar-refractivity contribution in [1.82, 2.24) is 0 Å². The van der Waals surface area contributed by atoms with Crippen molar-refractivity contribution in [3.05, 3.63) is 0 Å². The second-order valence-electron chi connectivity index (χ2n) is 4.36. The van der Waals surface area contributed by atoms with Crippen LogP contribution in [-0.4, -0.2) is 23.3 Å². The molecule has 0 aromatic carbocycles. The van der Waals surface area contributed by atoms with Crippen molar-refractivity contribution >= 4 is 5.97 Å². The van der Waals surface area contributed by atoms with Crippen LogP contribution in [0.1, 0.15) is 47.0 Å². The molecule has 1 N–H and O–H groups in total. The summed E-state index contributed by atoms with van der Waals surface area (Å²) < 4.78 is 4.88. The first-order valence-electron chi connectivity index (χ1n) is 5.26. The third-order valence-electron chi connectivity index (χ3n) is 2.11. The predicted molar refractivity (Wildman–Crippen MR) is 55.9 cm³/mol. The molecule has 0 saturated carbocycles. The first-order chi connectivity index (χ1) is 6.37. The van der Waals surface area contributed by atoms with Crippen LogP contribution in [0.15, 0.2) is 0 Å². The lowest BCUT2D eigenvalue weighted by Gasteiger charge is -2.17. The second kappa shape index (κ2) is 6.02. The average Bonchev–Trinajstić information content (AvgIpc) is 2.02. The molecule has 1 unspecified atom stereocenters. The Morgan fingerprint density at radius 3 is 2.50 bits per heavy atom. The van der Waals surface area contributed by atoms with Gasteiger partial charge in [0, 0.05) is 0 Å². The Labute approximate surface area is 86.5 Å². The number of rotatable bonds is 6. The van der Waals surface area contributed by atoms with E-state index in [4.69, 9.17) is 4.74 Å². The zero-order valence-electron chi connectivity index (χ0n) is 9.67. The van der Waals surface area contributed by atoms with Gasteiger partial charge in [0.25, 0.3) is 0 Å². The topological polar surface area (TPSA) is 46.5 Å². The summed E-state index contributed by atoms with van der Waals surface area (Å²) in [5.41, 5.74) is -0.631. The molecule has 0 bridgehead atoms. The third kappa shape index (κ3) is 6.89. The van der Waals surface area contributed by atoms with E-state index in [9.17, 15) is 9.90 Å². The summed E-state index contributed by atoms with van der Waals surface area (Å²) in [5, 5.41) is 9.46. The first-order valence-corrected chi connectivity index (χ1v) is 5.26. The third-order valence-corrected chi connectivity index (χ3v) is 2.11. The van der Waals surface area contributed by atoms with Crippen molar-refractivity contribution in [2.24, 2.45) is 5.92 Å². The molecule has 0 spiro atoms. The quantitative estimate of drug-likeness (QED) is 0.671. The number of carbonyl (C=O) groups is 1. The minimum atomic E-state index is -0.631. The van der Waals surface area contributed by atoms with Crippen molar-refractivity contribution < 1.29 is 14.6 Å². The van der Waals surface area contributed by atoms with Gasteiger partial charge in [-0.15, -0.1) is 0 Å². The molecule has 0 aliphatic carbocycles. The Balaban J connectivity index is 3.63. The zero-order chi connectivity index (χ0) is 11.2. The van der Waals surface area contributed by atoms with Crippen LogP contribution in [0.5, 0.6) is 0 Å². The van der Waals surface area contributed by atoms with Gasteiger partial charge < -0.3 is 9.84 Å². The fourth-order valence-electron chi connectivity index (χ4n) is 1.24. The van der Waals surface area contributed by atoms with Gasteiger partial charge in [-0.1, -0.05) is 6.92 Å². The number of hydrogen-bond donors (Lipinski definition) is 1. The largest absolute Gasteiger partial charge is 0.466 e. The first kappa shape index (κ1) is 13.4. The molecule has 3 heteroatoms. The maximum Gasteiger partial charge on any atom is 0.308 e. The Hall–Kier alpha value is -0.570. The van der Waals surface area contributed by atoms with E-state index in [1.807, 2.05) is 6.92 Å². The van der Waals surface area contributed by atoms with Gasteiger partial charge in [0.2, 0.25) is 0 Å². The second-order valence-corrected chi connectivity index (χ2v) is 4.36. The molecule has 0 heterocycles. The van der Waals surface area contributed by atoms with Crippen LogP contribution >= 0.6 is 0 Å². The monoisotopic (exact) mass is 202 g/mol. The van der Waals surface area contributed by atoms with Gasteiger partial charge in [-0.25, -0.2) is 0 Å². The fourth-order valence-corrected chi connectivity index (χ4v) is 1.24. The summed E-state index contributed by atoms with van der Waals surface area (Å²) >= 11 is 0. The Morgan fingerprint density at radius 2 is 2.07 bits per heavy atom. The maximum absolute atomic E-state index is 11.2. The summed E-state index contributed by atoms with van der Waals surface area (Å²) in [6, 6.07) is 0. The number of carbonyl (C=O) groups excluding carboxylic acids is 1. The minimum Gasteiger partial charge on any atom is -0.466 e. The van der Waals surface area contributed by atoms with E-state index in [-0.39, 0.29) is 11.9 Å². The van der Waals surface area contributed by atoms with E-state index in [1.165, 1.54) is 0 Å². The van der Waals surface area contributed by atoms with Gasteiger partial charge in [-0.3, -0.25) is 4.79 Å². The summed E-state index contributed by atoms with van der Waals surface area (Å²) in [4.78, 5) is 11.2. The SMILES string of the molecule is CCOC(=O)C(C)CCCC(C)(C)O. The van der Waals surface area contributed by atoms with Crippen LogP contribution in [0.2, 0.25) is 0 Å². The highest BCUT2D eigenvalue weighted by Crippen LogP contribution is 2.16. The molecule has 84 valence electrons. The van der Waals surface area contributed by atoms with E-state index in [2.05, 4.69) is 0 Å². The molecule has 0 amide bonds. The number of esters is 1. The molecular formula is C11H22O3. The number of hydrogen-bond acceptors (Lipinski definition) is 3. The molecule has 14 heavy (non-hydrogen) atoms. The van der Waals surface area contributed by atoms with Gasteiger partial charge in [0.05, 0.1) is 18.1 Å². The highest BCUT2D eigenvalue weighted by Gasteiger charge is 2.16.